The number of aliphatic hydroxyl groups excluding tert-OH is 1. The molecule has 0 saturated carbocycles. The number of fused-ring (bicyclic) bond motifs is 2. The van der Waals surface area contributed by atoms with E-state index in [9.17, 15) is 9.90 Å². The molecule has 4 heterocycles. The van der Waals surface area contributed by atoms with E-state index in [0.717, 1.165) is 53.9 Å². The van der Waals surface area contributed by atoms with Crippen molar-refractivity contribution >= 4 is 22.5 Å². The summed E-state index contributed by atoms with van der Waals surface area (Å²) < 4.78 is 1.85. The largest absolute Gasteiger partial charge is 0.393 e. The number of hydrogen-bond acceptors (Lipinski definition) is 4. The topological polar surface area (TPSA) is 86.5 Å². The summed E-state index contributed by atoms with van der Waals surface area (Å²) in [6, 6.07) is 8.97. The lowest BCUT2D eigenvalue weighted by Crippen LogP contribution is -2.39. The molecule has 0 aliphatic carbocycles. The smallest absolute Gasteiger partial charge is 0.225 e. The maximum absolute atomic E-state index is 12.3. The average molecular weight is 460 g/mol. The minimum atomic E-state index is -0.584. The summed E-state index contributed by atoms with van der Waals surface area (Å²) in [5, 5.41) is 15.2. The monoisotopic (exact) mass is 459 g/mol. The van der Waals surface area contributed by atoms with Crippen LogP contribution < -0.4 is 0 Å². The van der Waals surface area contributed by atoms with Gasteiger partial charge >= 0.3 is 0 Å². The lowest BCUT2D eigenvalue weighted by molar-refractivity contribution is -0.134. The van der Waals surface area contributed by atoms with E-state index in [1.54, 1.807) is 13.3 Å². The number of aryl methyl sites for hydroxylation is 1. The number of aromatic amines is 1. The van der Waals surface area contributed by atoms with Crippen LogP contribution in [-0.2, 0) is 4.79 Å². The average Bonchev–Trinajstić information content (AvgIpc) is 3.43. The van der Waals surface area contributed by atoms with Gasteiger partial charge in [-0.1, -0.05) is 19.9 Å². The highest BCUT2D eigenvalue weighted by Crippen LogP contribution is 2.38. The number of benzene rings is 1. The first-order chi connectivity index (χ1) is 16.3. The predicted octanol–water partition coefficient (Wildman–Crippen LogP) is 4.79. The third-order valence-corrected chi connectivity index (χ3v) is 7.08. The van der Waals surface area contributed by atoms with Gasteiger partial charge in [0, 0.05) is 35.8 Å². The number of aromatic nitrogens is 4. The normalized spacial score (nSPS) is 16.1. The van der Waals surface area contributed by atoms with Gasteiger partial charge in [0.05, 0.1) is 18.2 Å². The van der Waals surface area contributed by atoms with Crippen LogP contribution in [0, 0.1) is 6.92 Å². The highest BCUT2D eigenvalue weighted by Gasteiger charge is 2.25. The van der Waals surface area contributed by atoms with Crippen LogP contribution in [0.3, 0.4) is 0 Å². The maximum Gasteiger partial charge on any atom is 0.225 e. The molecule has 1 aliphatic heterocycles. The molecular formula is C27H33N5O2. The van der Waals surface area contributed by atoms with Gasteiger partial charge in [-0.05, 0) is 73.4 Å². The molecule has 1 fully saturated rings. The van der Waals surface area contributed by atoms with Crippen LogP contribution in [0.25, 0.3) is 27.8 Å². The van der Waals surface area contributed by atoms with Crippen LogP contribution >= 0.6 is 0 Å². The van der Waals surface area contributed by atoms with Crippen molar-refractivity contribution in [3.63, 3.8) is 0 Å². The summed E-state index contributed by atoms with van der Waals surface area (Å²) in [6.07, 6.45) is 5.17. The van der Waals surface area contributed by atoms with Gasteiger partial charge in [0.1, 0.15) is 6.33 Å². The van der Waals surface area contributed by atoms with E-state index >= 15 is 0 Å². The van der Waals surface area contributed by atoms with Crippen molar-refractivity contribution in [3.05, 3.63) is 53.5 Å². The second-order valence-electron chi connectivity index (χ2n) is 10.0. The first-order valence-electron chi connectivity index (χ1n) is 12.2. The van der Waals surface area contributed by atoms with E-state index in [1.807, 2.05) is 15.6 Å². The van der Waals surface area contributed by atoms with Gasteiger partial charge in [-0.3, -0.25) is 4.79 Å². The molecule has 0 radical (unpaired) electrons. The zero-order chi connectivity index (χ0) is 24.0. The summed E-state index contributed by atoms with van der Waals surface area (Å²) in [6.45, 7) is 9.73. The molecule has 178 valence electrons. The van der Waals surface area contributed by atoms with Crippen molar-refractivity contribution < 1.29 is 9.90 Å². The van der Waals surface area contributed by atoms with Crippen molar-refractivity contribution in [2.75, 3.05) is 13.1 Å². The zero-order valence-electron chi connectivity index (χ0n) is 20.4. The number of piperidine rings is 1. The summed E-state index contributed by atoms with van der Waals surface area (Å²) >= 11 is 0. The van der Waals surface area contributed by atoms with E-state index < -0.39 is 6.10 Å². The van der Waals surface area contributed by atoms with Gasteiger partial charge in [0.25, 0.3) is 0 Å². The van der Waals surface area contributed by atoms with Gasteiger partial charge in [-0.2, -0.15) is 5.10 Å². The molecule has 1 aromatic carbocycles. The zero-order valence-corrected chi connectivity index (χ0v) is 20.4. The van der Waals surface area contributed by atoms with Crippen LogP contribution in [-0.4, -0.2) is 54.7 Å². The number of carbonyl (C=O) groups is 1. The molecule has 0 bridgehead atoms. The van der Waals surface area contributed by atoms with Crippen LogP contribution in [0.2, 0.25) is 0 Å². The standard InChI is InChI=1S/C27H33N5O2/c1-16(2)25-22-13-20(19-7-9-31(10-8-19)24(34)12-18(4)33)5-6-23(22)30-26(25)21-11-17(3)27-28-15-29-32(27)14-21/h5-6,11,13-16,18-19,30,33H,7-10,12H2,1-4H3. The summed E-state index contributed by atoms with van der Waals surface area (Å²) in [5.74, 6) is 0.846. The van der Waals surface area contributed by atoms with Crippen molar-refractivity contribution in [2.24, 2.45) is 0 Å². The molecule has 0 spiro atoms. The fourth-order valence-electron chi connectivity index (χ4n) is 5.39. The number of carbonyl (C=O) groups excluding carboxylic acids is 1. The Labute approximate surface area is 199 Å². The molecular weight excluding hydrogens is 426 g/mol. The fraction of sp³-hybridized carbons (Fsp3) is 0.444. The minimum absolute atomic E-state index is 0.0564. The van der Waals surface area contributed by atoms with Gasteiger partial charge in [0.15, 0.2) is 5.65 Å². The second kappa shape index (κ2) is 8.87. The van der Waals surface area contributed by atoms with E-state index in [-0.39, 0.29) is 12.3 Å². The highest BCUT2D eigenvalue weighted by molar-refractivity contribution is 5.92. The number of H-pyrrole nitrogens is 1. The summed E-state index contributed by atoms with van der Waals surface area (Å²) in [5.41, 5.74) is 8.03. The predicted molar refractivity (Wildman–Crippen MR) is 134 cm³/mol. The number of rotatable bonds is 5. The Morgan fingerprint density at radius 2 is 1.97 bits per heavy atom. The first-order valence-corrected chi connectivity index (χ1v) is 12.2. The SMILES string of the molecule is Cc1cc(-c2[nH]c3ccc(C4CCN(C(=O)CC(C)O)CC4)cc3c2C(C)C)cn2ncnc12. The Morgan fingerprint density at radius 3 is 2.68 bits per heavy atom. The van der Waals surface area contributed by atoms with Gasteiger partial charge in [-0.25, -0.2) is 9.50 Å². The molecule has 34 heavy (non-hydrogen) atoms. The summed E-state index contributed by atoms with van der Waals surface area (Å²) in [4.78, 5) is 22.3. The summed E-state index contributed by atoms with van der Waals surface area (Å²) in [7, 11) is 0. The Bertz CT molecular complexity index is 1340. The lowest BCUT2D eigenvalue weighted by atomic mass is 9.87. The van der Waals surface area contributed by atoms with E-state index in [2.05, 4.69) is 60.1 Å². The highest BCUT2D eigenvalue weighted by atomic mass is 16.3. The molecule has 5 rings (SSSR count). The fourth-order valence-corrected chi connectivity index (χ4v) is 5.39. The Morgan fingerprint density at radius 1 is 1.21 bits per heavy atom. The molecule has 1 aliphatic rings. The number of likely N-dealkylation sites (tertiary alicyclic amines) is 1. The van der Waals surface area contributed by atoms with Crippen molar-refractivity contribution in [1.82, 2.24) is 24.5 Å². The molecule has 3 aromatic heterocycles. The minimum Gasteiger partial charge on any atom is -0.393 e. The molecule has 2 N–H and O–H groups in total. The Balaban J connectivity index is 1.47. The van der Waals surface area contributed by atoms with E-state index in [1.165, 1.54) is 16.5 Å². The number of nitrogens with zero attached hydrogens (tertiary/aromatic N) is 4. The lowest BCUT2D eigenvalue weighted by Gasteiger charge is -2.32. The first kappa shape index (κ1) is 22.6. The molecule has 7 heteroatoms. The van der Waals surface area contributed by atoms with Gasteiger partial charge < -0.3 is 15.0 Å². The quantitative estimate of drug-likeness (QED) is 0.449. The number of amides is 1. The maximum atomic E-state index is 12.3. The van der Waals surface area contributed by atoms with Crippen molar-refractivity contribution in [3.8, 4) is 11.3 Å². The van der Waals surface area contributed by atoms with Crippen LogP contribution in [0.4, 0.5) is 0 Å². The van der Waals surface area contributed by atoms with Gasteiger partial charge in [0.2, 0.25) is 5.91 Å². The van der Waals surface area contributed by atoms with Gasteiger partial charge in [-0.15, -0.1) is 0 Å². The number of hydrogen-bond donors (Lipinski definition) is 2. The third kappa shape index (κ3) is 4.09. The van der Waals surface area contributed by atoms with Crippen LogP contribution in [0.5, 0.6) is 0 Å². The molecule has 1 atom stereocenters. The van der Waals surface area contributed by atoms with E-state index in [4.69, 9.17) is 0 Å². The molecule has 1 unspecified atom stereocenters. The number of nitrogens with one attached hydrogen (secondary N) is 1. The molecule has 7 nitrogen and oxygen atoms in total. The van der Waals surface area contributed by atoms with Crippen LogP contribution in [0.1, 0.15) is 68.6 Å². The van der Waals surface area contributed by atoms with Crippen molar-refractivity contribution in [2.45, 2.75) is 64.9 Å². The number of pyridine rings is 1. The Kier molecular flexibility index (Phi) is 5.90. The second-order valence-corrected chi connectivity index (χ2v) is 10.0. The Hall–Kier alpha value is -3.19. The number of aliphatic hydroxyl groups is 1. The van der Waals surface area contributed by atoms with Crippen LogP contribution in [0.15, 0.2) is 36.8 Å². The molecule has 1 amide bonds. The molecule has 4 aromatic rings. The molecule has 1 saturated heterocycles. The van der Waals surface area contributed by atoms with Crippen molar-refractivity contribution in [1.29, 1.82) is 0 Å². The van der Waals surface area contributed by atoms with E-state index in [0.29, 0.717) is 11.8 Å². The third-order valence-electron chi connectivity index (χ3n) is 7.08.